The lowest BCUT2D eigenvalue weighted by Crippen LogP contribution is -1.97. The van der Waals surface area contributed by atoms with E-state index >= 15 is 0 Å². The van der Waals surface area contributed by atoms with Gasteiger partial charge in [0.2, 0.25) is 0 Å². The zero-order valence-electron chi connectivity index (χ0n) is 10.0. The molecule has 0 fully saturated rings. The highest BCUT2D eigenvalue weighted by Crippen LogP contribution is 2.27. The number of carboxylic acid groups (broad SMARTS) is 1. The molecule has 18 heavy (non-hydrogen) atoms. The van der Waals surface area contributed by atoms with E-state index in [1.807, 2.05) is 6.92 Å². The van der Waals surface area contributed by atoms with Crippen LogP contribution in [0.2, 0.25) is 0 Å². The Hall–Kier alpha value is -1.95. The molecule has 1 aromatic carbocycles. The highest BCUT2D eigenvalue weighted by Gasteiger charge is 2.09. The summed E-state index contributed by atoms with van der Waals surface area (Å²) in [6, 6.07) is 4.71. The Labute approximate surface area is 108 Å². The second-order valence-electron chi connectivity index (χ2n) is 3.72. The van der Waals surface area contributed by atoms with Gasteiger partial charge in [-0.1, -0.05) is 6.92 Å². The molecule has 1 N–H and O–H groups in total. The Kier molecular flexibility index (Phi) is 3.57. The van der Waals surface area contributed by atoms with Crippen LogP contribution in [0.4, 0.5) is 0 Å². The van der Waals surface area contributed by atoms with Gasteiger partial charge < -0.3 is 9.84 Å². The topological polar surface area (TPSA) is 72.3 Å². The van der Waals surface area contributed by atoms with Gasteiger partial charge in [-0.2, -0.15) is 9.36 Å². The van der Waals surface area contributed by atoms with Crippen molar-refractivity contribution >= 4 is 17.5 Å². The van der Waals surface area contributed by atoms with E-state index in [0.29, 0.717) is 10.9 Å². The van der Waals surface area contributed by atoms with Gasteiger partial charge in [0.1, 0.15) is 11.6 Å². The molecule has 0 amide bonds. The van der Waals surface area contributed by atoms with E-state index in [9.17, 15) is 4.79 Å². The predicted octanol–water partition coefficient (Wildman–Crippen LogP) is 2.90. The summed E-state index contributed by atoms with van der Waals surface area (Å²) in [4.78, 5) is 15.0. The number of aromatic carboxylic acids is 1. The van der Waals surface area contributed by atoms with Crippen molar-refractivity contribution in [1.82, 2.24) is 9.36 Å². The molecular formula is C12H12N2O3S. The van der Waals surface area contributed by atoms with E-state index in [2.05, 4.69) is 9.36 Å². The highest BCUT2D eigenvalue weighted by molar-refractivity contribution is 7.07. The first-order valence-electron chi connectivity index (χ1n) is 5.44. The second-order valence-corrected chi connectivity index (χ2v) is 4.43. The Morgan fingerprint density at radius 3 is 2.83 bits per heavy atom. The number of rotatable bonds is 4. The first-order valence-corrected chi connectivity index (χ1v) is 6.22. The van der Waals surface area contributed by atoms with Crippen molar-refractivity contribution in [2.24, 2.45) is 0 Å². The smallest absolute Gasteiger partial charge is 0.335 e. The van der Waals surface area contributed by atoms with Crippen LogP contribution in [0, 0.1) is 6.92 Å². The van der Waals surface area contributed by atoms with Crippen molar-refractivity contribution in [2.45, 2.75) is 20.3 Å². The molecule has 94 valence electrons. The molecule has 1 heterocycles. The molecule has 0 aliphatic heterocycles. The summed E-state index contributed by atoms with van der Waals surface area (Å²) >= 11 is 1.19. The van der Waals surface area contributed by atoms with Crippen LogP contribution in [0.1, 0.15) is 28.7 Å². The molecule has 0 aliphatic rings. The van der Waals surface area contributed by atoms with E-state index in [1.165, 1.54) is 17.6 Å². The molecule has 1 aromatic heterocycles. The summed E-state index contributed by atoms with van der Waals surface area (Å²) in [7, 11) is 0. The number of benzene rings is 1. The molecule has 5 nitrogen and oxygen atoms in total. The van der Waals surface area contributed by atoms with Crippen LogP contribution in [0.5, 0.6) is 10.9 Å². The van der Waals surface area contributed by atoms with Crippen molar-refractivity contribution in [3.8, 4) is 10.9 Å². The Balaban J connectivity index is 2.21. The number of carboxylic acids is 1. The molecule has 0 saturated carbocycles. The van der Waals surface area contributed by atoms with Crippen LogP contribution in [0.15, 0.2) is 18.2 Å². The number of carbonyl (C=O) groups is 1. The van der Waals surface area contributed by atoms with E-state index in [1.54, 1.807) is 19.1 Å². The standard InChI is InChI=1S/C12H12N2O3S/c1-3-10-13-12(18-14-10)17-9-5-4-8(11(15)16)6-7(9)2/h4-6H,3H2,1-2H3,(H,15,16). The van der Waals surface area contributed by atoms with Crippen LogP contribution in [-0.2, 0) is 6.42 Å². The van der Waals surface area contributed by atoms with Crippen LogP contribution in [-0.4, -0.2) is 20.4 Å². The minimum Gasteiger partial charge on any atom is -0.478 e. The Bertz CT molecular complexity index is 580. The lowest BCUT2D eigenvalue weighted by molar-refractivity contribution is 0.0697. The molecule has 2 aromatic rings. The van der Waals surface area contributed by atoms with E-state index in [-0.39, 0.29) is 5.56 Å². The van der Waals surface area contributed by atoms with Gasteiger partial charge >= 0.3 is 5.97 Å². The van der Waals surface area contributed by atoms with Gasteiger partial charge in [0, 0.05) is 18.0 Å². The van der Waals surface area contributed by atoms with E-state index in [4.69, 9.17) is 9.84 Å². The first kappa shape index (κ1) is 12.5. The fourth-order valence-electron chi connectivity index (χ4n) is 1.41. The van der Waals surface area contributed by atoms with Crippen molar-refractivity contribution in [2.75, 3.05) is 0 Å². The molecule has 2 rings (SSSR count). The van der Waals surface area contributed by atoms with Crippen LogP contribution in [0.25, 0.3) is 0 Å². The largest absolute Gasteiger partial charge is 0.478 e. The average molecular weight is 264 g/mol. The quantitative estimate of drug-likeness (QED) is 0.919. The molecule has 0 spiro atoms. The third kappa shape index (κ3) is 2.65. The summed E-state index contributed by atoms with van der Waals surface area (Å²) in [5, 5.41) is 9.33. The maximum Gasteiger partial charge on any atom is 0.335 e. The maximum atomic E-state index is 10.8. The highest BCUT2D eigenvalue weighted by atomic mass is 32.1. The minimum absolute atomic E-state index is 0.242. The van der Waals surface area contributed by atoms with Gasteiger partial charge in [-0.25, -0.2) is 4.79 Å². The second kappa shape index (κ2) is 5.14. The van der Waals surface area contributed by atoms with Crippen molar-refractivity contribution in [1.29, 1.82) is 0 Å². The minimum atomic E-state index is -0.950. The van der Waals surface area contributed by atoms with Gasteiger partial charge in [-0.3, -0.25) is 0 Å². The average Bonchev–Trinajstić information content (AvgIpc) is 2.79. The third-order valence-electron chi connectivity index (χ3n) is 2.38. The number of ether oxygens (including phenoxy) is 1. The lowest BCUT2D eigenvalue weighted by Gasteiger charge is -2.05. The van der Waals surface area contributed by atoms with Gasteiger partial charge in [0.25, 0.3) is 5.19 Å². The lowest BCUT2D eigenvalue weighted by atomic mass is 10.1. The van der Waals surface area contributed by atoms with Crippen molar-refractivity contribution < 1.29 is 14.6 Å². The normalized spacial score (nSPS) is 10.3. The SMILES string of the molecule is CCc1nsc(Oc2ccc(C(=O)O)cc2C)n1. The number of hydrogen-bond acceptors (Lipinski definition) is 5. The fourth-order valence-corrected chi connectivity index (χ4v) is 2.04. The maximum absolute atomic E-state index is 10.8. The van der Waals surface area contributed by atoms with Gasteiger partial charge in [0.05, 0.1) is 5.56 Å². The molecule has 0 aliphatic carbocycles. The molecule has 0 bridgehead atoms. The zero-order chi connectivity index (χ0) is 13.1. The monoisotopic (exact) mass is 264 g/mol. The summed E-state index contributed by atoms with van der Waals surface area (Å²) in [5.41, 5.74) is 0.995. The predicted molar refractivity (Wildman–Crippen MR) is 67.5 cm³/mol. The van der Waals surface area contributed by atoms with E-state index < -0.39 is 5.97 Å². The number of aryl methyl sites for hydroxylation is 2. The van der Waals surface area contributed by atoms with Crippen LogP contribution in [0.3, 0.4) is 0 Å². The van der Waals surface area contributed by atoms with Gasteiger partial charge in [-0.05, 0) is 30.7 Å². The fraction of sp³-hybridized carbons (Fsp3) is 0.250. The third-order valence-corrected chi connectivity index (χ3v) is 3.02. The molecular weight excluding hydrogens is 252 g/mol. The van der Waals surface area contributed by atoms with Crippen molar-refractivity contribution in [3.05, 3.63) is 35.2 Å². The van der Waals surface area contributed by atoms with Gasteiger partial charge in [-0.15, -0.1) is 0 Å². The molecule has 0 atom stereocenters. The Morgan fingerprint density at radius 2 is 2.28 bits per heavy atom. The molecule has 6 heteroatoms. The van der Waals surface area contributed by atoms with Crippen LogP contribution >= 0.6 is 11.5 Å². The summed E-state index contributed by atoms with van der Waals surface area (Å²) < 4.78 is 9.70. The van der Waals surface area contributed by atoms with Crippen molar-refractivity contribution in [3.63, 3.8) is 0 Å². The van der Waals surface area contributed by atoms with Crippen LogP contribution < -0.4 is 4.74 Å². The van der Waals surface area contributed by atoms with E-state index in [0.717, 1.165) is 17.8 Å². The summed E-state index contributed by atoms with van der Waals surface area (Å²) in [5.74, 6) is 0.391. The molecule has 0 radical (unpaired) electrons. The zero-order valence-corrected chi connectivity index (χ0v) is 10.8. The first-order chi connectivity index (χ1) is 8.60. The molecule has 0 unspecified atom stereocenters. The molecule has 0 saturated heterocycles. The number of aromatic nitrogens is 2. The summed E-state index contributed by atoms with van der Waals surface area (Å²) in [6.07, 6.45) is 0.761. The summed E-state index contributed by atoms with van der Waals surface area (Å²) in [6.45, 7) is 3.77. The number of nitrogens with zero attached hydrogens (tertiary/aromatic N) is 2. The number of hydrogen-bond donors (Lipinski definition) is 1. The van der Waals surface area contributed by atoms with Gasteiger partial charge in [0.15, 0.2) is 0 Å². The Morgan fingerprint density at radius 1 is 1.50 bits per heavy atom.